The van der Waals surface area contributed by atoms with E-state index in [0.717, 1.165) is 6.42 Å². The Balaban J connectivity index is 1.60. The van der Waals surface area contributed by atoms with E-state index in [1.165, 1.54) is 12.5 Å². The van der Waals surface area contributed by atoms with Gasteiger partial charge in [-0.2, -0.15) is 0 Å². The lowest BCUT2D eigenvalue weighted by Gasteiger charge is -2.50. The summed E-state index contributed by atoms with van der Waals surface area (Å²) in [5.74, 6) is -0.954. The number of rotatable bonds is 2. The third-order valence-corrected chi connectivity index (χ3v) is 7.22. The Bertz CT molecular complexity index is 674. The molecular formula is C18H24O6. The molecule has 0 aromatic rings. The molecule has 4 fully saturated rings. The van der Waals surface area contributed by atoms with E-state index < -0.39 is 11.4 Å². The fourth-order valence-corrected chi connectivity index (χ4v) is 5.55. The zero-order valence-corrected chi connectivity index (χ0v) is 14.8. The van der Waals surface area contributed by atoms with Gasteiger partial charge in [-0.15, -0.1) is 0 Å². The van der Waals surface area contributed by atoms with Gasteiger partial charge in [0, 0.05) is 25.4 Å². The first-order valence-electron chi connectivity index (χ1n) is 8.67. The maximum Gasteiger partial charge on any atom is 0.303 e. The molecule has 24 heavy (non-hydrogen) atoms. The number of epoxide rings is 2. The SMILES string of the molecule is CO[C@]12C=C3[C@@H]4O[C@@H]4[C@H](OC(C)=O)[C@H](C)[C@@]3(C)C[C@]13O[C@]3(C)CO2. The largest absolute Gasteiger partial charge is 0.459 e. The molecule has 6 nitrogen and oxygen atoms in total. The zero-order valence-electron chi connectivity index (χ0n) is 14.8. The minimum Gasteiger partial charge on any atom is -0.459 e. The van der Waals surface area contributed by atoms with E-state index in [0.29, 0.717) is 6.61 Å². The number of hydrogen-bond acceptors (Lipinski definition) is 6. The van der Waals surface area contributed by atoms with Crippen molar-refractivity contribution in [3.8, 4) is 0 Å². The molecule has 6 heteroatoms. The first-order valence-corrected chi connectivity index (χ1v) is 8.67. The molecule has 1 spiro atoms. The summed E-state index contributed by atoms with van der Waals surface area (Å²) >= 11 is 0. The average Bonchev–Trinajstić information content (AvgIpc) is 3.39. The molecule has 0 radical (unpaired) electrons. The summed E-state index contributed by atoms with van der Waals surface area (Å²) in [6.45, 7) is 8.44. The van der Waals surface area contributed by atoms with Crippen molar-refractivity contribution in [3.05, 3.63) is 11.6 Å². The van der Waals surface area contributed by atoms with Gasteiger partial charge in [0.05, 0.1) is 6.61 Å². The zero-order chi connectivity index (χ0) is 17.1. The van der Waals surface area contributed by atoms with Crippen LogP contribution in [0.4, 0.5) is 0 Å². The molecule has 5 aliphatic rings. The van der Waals surface area contributed by atoms with Crippen molar-refractivity contribution in [1.82, 2.24) is 0 Å². The summed E-state index contributed by atoms with van der Waals surface area (Å²) in [5, 5.41) is 0. The Kier molecular flexibility index (Phi) is 2.59. The molecule has 0 bridgehead atoms. The maximum atomic E-state index is 11.5. The highest BCUT2D eigenvalue weighted by molar-refractivity contribution is 5.66. The van der Waals surface area contributed by atoms with E-state index in [1.54, 1.807) is 7.11 Å². The first-order chi connectivity index (χ1) is 11.2. The molecule has 0 amide bonds. The molecule has 1 saturated carbocycles. The van der Waals surface area contributed by atoms with Crippen LogP contribution in [0.25, 0.3) is 0 Å². The second kappa shape index (κ2) is 4.06. The van der Waals surface area contributed by atoms with Crippen molar-refractivity contribution in [3.63, 3.8) is 0 Å². The van der Waals surface area contributed by atoms with Gasteiger partial charge in [0.1, 0.15) is 23.9 Å². The fourth-order valence-electron chi connectivity index (χ4n) is 5.55. The summed E-state index contributed by atoms with van der Waals surface area (Å²) in [6, 6.07) is 0. The fraction of sp³-hybridized carbons (Fsp3) is 0.833. The van der Waals surface area contributed by atoms with E-state index in [9.17, 15) is 4.79 Å². The Morgan fingerprint density at radius 3 is 2.75 bits per heavy atom. The third kappa shape index (κ3) is 1.46. The van der Waals surface area contributed by atoms with E-state index >= 15 is 0 Å². The van der Waals surface area contributed by atoms with E-state index in [-0.39, 0.29) is 41.2 Å². The van der Waals surface area contributed by atoms with Crippen molar-refractivity contribution >= 4 is 5.97 Å². The van der Waals surface area contributed by atoms with Crippen LogP contribution in [0.5, 0.6) is 0 Å². The second-order valence-corrected chi connectivity index (χ2v) is 8.40. The first kappa shape index (κ1) is 15.3. The van der Waals surface area contributed by atoms with Gasteiger partial charge in [0.25, 0.3) is 0 Å². The summed E-state index contributed by atoms with van der Waals surface area (Å²) in [6.07, 6.45) is 2.59. The lowest BCUT2D eigenvalue weighted by Crippen LogP contribution is -2.58. The van der Waals surface area contributed by atoms with Crippen LogP contribution in [0.2, 0.25) is 0 Å². The van der Waals surface area contributed by atoms with Gasteiger partial charge in [0.2, 0.25) is 5.79 Å². The number of carbonyl (C=O) groups is 1. The van der Waals surface area contributed by atoms with Crippen molar-refractivity contribution in [2.24, 2.45) is 11.3 Å². The van der Waals surface area contributed by atoms with Crippen molar-refractivity contribution in [2.75, 3.05) is 13.7 Å². The van der Waals surface area contributed by atoms with Gasteiger partial charge in [0.15, 0.2) is 5.60 Å². The summed E-state index contributed by atoms with van der Waals surface area (Å²) in [5.41, 5.74) is 0.247. The van der Waals surface area contributed by atoms with Crippen LogP contribution < -0.4 is 0 Å². The van der Waals surface area contributed by atoms with Crippen LogP contribution in [-0.4, -0.2) is 55.0 Å². The molecule has 0 unspecified atom stereocenters. The van der Waals surface area contributed by atoms with Gasteiger partial charge in [-0.3, -0.25) is 4.79 Å². The molecule has 0 aromatic heterocycles. The van der Waals surface area contributed by atoms with Gasteiger partial charge < -0.3 is 23.7 Å². The van der Waals surface area contributed by atoms with Crippen LogP contribution >= 0.6 is 0 Å². The van der Waals surface area contributed by atoms with Gasteiger partial charge >= 0.3 is 5.97 Å². The molecule has 3 heterocycles. The smallest absolute Gasteiger partial charge is 0.303 e. The molecule has 3 aliphatic heterocycles. The highest BCUT2D eigenvalue weighted by Gasteiger charge is 2.86. The predicted molar refractivity (Wildman–Crippen MR) is 82.1 cm³/mol. The van der Waals surface area contributed by atoms with E-state index in [1.807, 2.05) is 0 Å². The molecule has 3 saturated heterocycles. The lowest BCUT2D eigenvalue weighted by molar-refractivity contribution is -0.231. The maximum absolute atomic E-state index is 11.5. The number of methoxy groups -OCH3 is 1. The molecule has 5 rings (SSSR count). The van der Waals surface area contributed by atoms with Gasteiger partial charge in [-0.05, 0) is 25.0 Å². The van der Waals surface area contributed by atoms with Gasteiger partial charge in [-0.25, -0.2) is 0 Å². The normalized spacial score (nSPS) is 59.5. The highest BCUT2D eigenvalue weighted by atomic mass is 16.8. The van der Waals surface area contributed by atoms with E-state index in [4.69, 9.17) is 23.7 Å². The number of carbonyl (C=O) groups excluding carboxylic acids is 1. The Morgan fingerprint density at radius 2 is 2.12 bits per heavy atom. The van der Waals surface area contributed by atoms with Crippen LogP contribution in [0.1, 0.15) is 34.1 Å². The standard InChI is InChI=1S/C18H24O6/c1-9-12(22-10(2)19)14-13(23-14)11-6-18(20-5)17(7-15(9,11)3)16(4,24-17)8-21-18/h6,9,12-14H,7-8H2,1-5H3/t9-,12+,13-,14+,15+,16+,17+,18-/m0/s1. The van der Waals surface area contributed by atoms with Crippen molar-refractivity contribution < 1.29 is 28.5 Å². The topological polar surface area (TPSA) is 69.8 Å². The van der Waals surface area contributed by atoms with Crippen LogP contribution in [0.3, 0.4) is 0 Å². The third-order valence-electron chi connectivity index (χ3n) is 7.22. The lowest BCUT2D eigenvalue weighted by atomic mass is 9.55. The highest BCUT2D eigenvalue weighted by Crippen LogP contribution is 2.72. The molecule has 0 N–H and O–H groups in total. The Hall–Kier alpha value is -0.950. The molecule has 132 valence electrons. The molecule has 0 aromatic carbocycles. The Labute approximate surface area is 141 Å². The number of ether oxygens (including phenoxy) is 5. The summed E-state index contributed by atoms with van der Waals surface area (Å²) < 4.78 is 29.6. The molecule has 8 atom stereocenters. The molecule has 2 aliphatic carbocycles. The number of esters is 1. The van der Waals surface area contributed by atoms with Crippen LogP contribution in [0, 0.1) is 11.3 Å². The number of hydrogen-bond donors (Lipinski definition) is 0. The minimum atomic E-state index is -0.832. The number of fused-ring (bicyclic) bond motifs is 3. The predicted octanol–water partition coefficient (Wildman–Crippen LogP) is 1.57. The monoisotopic (exact) mass is 336 g/mol. The van der Waals surface area contributed by atoms with Crippen molar-refractivity contribution in [1.29, 1.82) is 0 Å². The minimum absolute atomic E-state index is 0.0193. The average molecular weight is 336 g/mol. The molecular weight excluding hydrogens is 312 g/mol. The summed E-state index contributed by atoms with van der Waals surface area (Å²) in [4.78, 5) is 11.5. The second-order valence-electron chi connectivity index (χ2n) is 8.40. The van der Waals surface area contributed by atoms with E-state index in [2.05, 4.69) is 26.8 Å². The summed E-state index contributed by atoms with van der Waals surface area (Å²) in [7, 11) is 1.67. The van der Waals surface area contributed by atoms with Crippen LogP contribution in [0.15, 0.2) is 11.6 Å². The Morgan fingerprint density at radius 1 is 1.38 bits per heavy atom. The quantitative estimate of drug-likeness (QED) is 0.433. The van der Waals surface area contributed by atoms with Crippen LogP contribution in [-0.2, 0) is 28.5 Å². The van der Waals surface area contributed by atoms with Crippen molar-refractivity contribution in [2.45, 2.75) is 69.4 Å². The van der Waals surface area contributed by atoms with Gasteiger partial charge in [-0.1, -0.05) is 13.8 Å².